The molecule has 2 N–H and O–H groups in total. The van der Waals surface area contributed by atoms with Gasteiger partial charge in [-0.2, -0.15) is 5.10 Å². The zero-order valence-electron chi connectivity index (χ0n) is 17.2. The van der Waals surface area contributed by atoms with Gasteiger partial charge in [0.2, 0.25) is 0 Å². The number of aryl methyl sites for hydroxylation is 3. The molecule has 2 amide bonds. The normalized spacial score (nSPS) is 20.5. The number of β-lactam (4-membered cyclic amide) rings is 1. The summed E-state index contributed by atoms with van der Waals surface area (Å²) < 4.78 is 2.37. The third-order valence-corrected chi connectivity index (χ3v) is 8.55. The summed E-state index contributed by atoms with van der Waals surface area (Å²) in [5, 5.41) is 25.2. The Bertz CT molecular complexity index is 1120. The van der Waals surface area contributed by atoms with Crippen molar-refractivity contribution >= 4 is 52.6 Å². The standard InChI is InChI=1S/C18H20N6O4S3/c1-7-11(8(2)23(4)22-7)14(25)19-12-15(26)24-13(17(27)28)10(5-29-16(12)24)6-30-18-21-20-9(3)31-18/h12,16H,5-6H2,1-4H3,(H,19,25)(H,27,28)/t12-,16-/m0/s1. The van der Waals surface area contributed by atoms with Gasteiger partial charge in [0.15, 0.2) is 4.34 Å². The molecule has 0 bridgehead atoms. The van der Waals surface area contributed by atoms with Crippen LogP contribution in [0.3, 0.4) is 0 Å². The Hall–Kier alpha value is -2.38. The molecule has 4 rings (SSSR count). The quantitative estimate of drug-likeness (QED) is 0.464. The van der Waals surface area contributed by atoms with Crippen molar-refractivity contribution < 1.29 is 19.5 Å². The first-order chi connectivity index (χ1) is 14.7. The highest BCUT2D eigenvalue weighted by atomic mass is 32.2. The van der Waals surface area contributed by atoms with Gasteiger partial charge < -0.3 is 10.4 Å². The Morgan fingerprint density at radius 2 is 2.03 bits per heavy atom. The van der Waals surface area contributed by atoms with Crippen LogP contribution in [-0.4, -0.2) is 70.7 Å². The number of carbonyl (C=O) groups is 3. The number of nitrogens with zero attached hydrogens (tertiary/aromatic N) is 5. The molecule has 13 heteroatoms. The molecule has 4 heterocycles. The van der Waals surface area contributed by atoms with E-state index < -0.39 is 23.3 Å². The highest BCUT2D eigenvalue weighted by molar-refractivity contribution is 8.01. The number of carboxylic acids is 1. The fourth-order valence-corrected chi connectivity index (χ4v) is 6.90. The average molecular weight is 481 g/mol. The smallest absolute Gasteiger partial charge is 0.352 e. The van der Waals surface area contributed by atoms with Crippen LogP contribution >= 0.6 is 34.9 Å². The first kappa shape index (κ1) is 21.8. The van der Waals surface area contributed by atoms with Gasteiger partial charge in [0.25, 0.3) is 11.8 Å². The van der Waals surface area contributed by atoms with E-state index in [4.69, 9.17) is 0 Å². The highest BCUT2D eigenvalue weighted by Crippen LogP contribution is 2.41. The predicted octanol–water partition coefficient (Wildman–Crippen LogP) is 1.34. The molecule has 0 aliphatic carbocycles. The van der Waals surface area contributed by atoms with Gasteiger partial charge in [-0.15, -0.1) is 22.0 Å². The van der Waals surface area contributed by atoms with E-state index in [1.807, 2.05) is 6.92 Å². The number of fused-ring (bicyclic) bond motifs is 1. The molecule has 0 aromatic carbocycles. The van der Waals surface area contributed by atoms with Gasteiger partial charge in [-0.05, 0) is 26.3 Å². The largest absolute Gasteiger partial charge is 0.477 e. The van der Waals surface area contributed by atoms with Gasteiger partial charge in [0.1, 0.15) is 22.1 Å². The van der Waals surface area contributed by atoms with E-state index in [1.54, 1.807) is 25.6 Å². The summed E-state index contributed by atoms with van der Waals surface area (Å²) in [6, 6.07) is -0.772. The molecule has 10 nitrogen and oxygen atoms in total. The average Bonchev–Trinajstić information content (AvgIpc) is 3.25. The van der Waals surface area contributed by atoms with Gasteiger partial charge in [-0.25, -0.2) is 4.79 Å². The van der Waals surface area contributed by atoms with E-state index in [-0.39, 0.29) is 11.6 Å². The number of aliphatic carboxylic acids is 1. The summed E-state index contributed by atoms with van der Waals surface area (Å²) in [7, 11) is 1.75. The molecule has 0 unspecified atom stereocenters. The number of amides is 2. The SMILES string of the molecule is Cc1nnc(SCC2=C(C(=O)O)N3C(=O)[C@H](NC(=O)c4c(C)nn(C)c4C)[C@@H]3SC2)s1. The van der Waals surface area contributed by atoms with Gasteiger partial charge in [-0.1, -0.05) is 23.1 Å². The van der Waals surface area contributed by atoms with E-state index in [0.29, 0.717) is 34.0 Å². The monoisotopic (exact) mass is 480 g/mol. The second-order valence-corrected chi connectivity index (χ2v) is 10.7. The van der Waals surface area contributed by atoms with Crippen LogP contribution in [0.1, 0.15) is 26.8 Å². The number of carbonyl (C=O) groups excluding carboxylic acids is 2. The van der Waals surface area contributed by atoms with Crippen molar-refractivity contribution in [2.45, 2.75) is 36.5 Å². The number of rotatable bonds is 6. The van der Waals surface area contributed by atoms with E-state index in [1.165, 1.54) is 39.8 Å². The number of hydrogen-bond acceptors (Lipinski definition) is 9. The Morgan fingerprint density at radius 3 is 2.61 bits per heavy atom. The zero-order chi connectivity index (χ0) is 22.4. The number of thioether (sulfide) groups is 2. The minimum Gasteiger partial charge on any atom is -0.477 e. The Balaban J connectivity index is 1.50. The second kappa shape index (κ2) is 8.28. The van der Waals surface area contributed by atoms with Crippen LogP contribution in [0.5, 0.6) is 0 Å². The van der Waals surface area contributed by atoms with Crippen molar-refractivity contribution in [1.82, 2.24) is 30.2 Å². The number of carboxylic acid groups (broad SMARTS) is 1. The molecular formula is C18H20N6O4S3. The van der Waals surface area contributed by atoms with Crippen molar-refractivity contribution in [3.8, 4) is 0 Å². The summed E-state index contributed by atoms with van der Waals surface area (Å²) in [5.74, 6) is -1.08. The van der Waals surface area contributed by atoms with Crippen molar-refractivity contribution in [1.29, 1.82) is 0 Å². The minimum atomic E-state index is -1.15. The minimum absolute atomic E-state index is 0.00160. The summed E-state index contributed by atoms with van der Waals surface area (Å²) in [6.45, 7) is 5.38. The fraction of sp³-hybridized carbons (Fsp3) is 0.444. The lowest BCUT2D eigenvalue weighted by Gasteiger charge is -2.49. The van der Waals surface area contributed by atoms with E-state index in [0.717, 1.165) is 9.35 Å². The van der Waals surface area contributed by atoms with Crippen molar-refractivity contribution in [3.63, 3.8) is 0 Å². The number of hydrogen-bond donors (Lipinski definition) is 2. The molecule has 0 saturated carbocycles. The molecule has 1 fully saturated rings. The molecule has 2 aromatic heterocycles. The van der Waals surface area contributed by atoms with Crippen LogP contribution in [-0.2, 0) is 16.6 Å². The first-order valence-electron chi connectivity index (χ1n) is 9.33. The van der Waals surface area contributed by atoms with Gasteiger partial charge in [-0.3, -0.25) is 19.2 Å². The molecule has 2 atom stereocenters. The van der Waals surface area contributed by atoms with Crippen molar-refractivity contribution in [2.75, 3.05) is 11.5 Å². The Labute approximate surface area is 190 Å². The van der Waals surface area contributed by atoms with Crippen molar-refractivity contribution in [3.05, 3.63) is 33.2 Å². The fourth-order valence-electron chi connectivity index (χ4n) is 3.60. The lowest BCUT2D eigenvalue weighted by Crippen LogP contribution is -2.70. The molecule has 0 radical (unpaired) electrons. The van der Waals surface area contributed by atoms with Gasteiger partial charge in [0, 0.05) is 24.2 Å². The second-order valence-electron chi connectivity index (χ2n) is 7.16. The lowest BCUT2D eigenvalue weighted by atomic mass is 10.0. The van der Waals surface area contributed by atoms with Crippen LogP contribution in [0, 0.1) is 20.8 Å². The summed E-state index contributed by atoms with van der Waals surface area (Å²) in [4.78, 5) is 38.9. The van der Waals surface area contributed by atoms with Crippen LogP contribution < -0.4 is 5.32 Å². The molecule has 0 spiro atoms. The number of nitrogens with one attached hydrogen (secondary N) is 1. The summed E-state index contributed by atoms with van der Waals surface area (Å²) in [6.07, 6.45) is 0. The Morgan fingerprint density at radius 1 is 1.29 bits per heavy atom. The molecule has 1 saturated heterocycles. The lowest BCUT2D eigenvalue weighted by molar-refractivity contribution is -0.148. The molecule has 2 aliphatic rings. The van der Waals surface area contributed by atoms with Crippen LogP contribution in [0.25, 0.3) is 0 Å². The maximum atomic E-state index is 12.8. The third-order valence-electron chi connectivity index (χ3n) is 5.15. The van der Waals surface area contributed by atoms with Crippen LogP contribution in [0.15, 0.2) is 15.6 Å². The van der Waals surface area contributed by atoms with Gasteiger partial charge >= 0.3 is 5.97 Å². The maximum absolute atomic E-state index is 12.8. The van der Waals surface area contributed by atoms with Crippen molar-refractivity contribution in [2.24, 2.45) is 7.05 Å². The molecule has 31 heavy (non-hydrogen) atoms. The Kier molecular flexibility index (Phi) is 5.83. The summed E-state index contributed by atoms with van der Waals surface area (Å²) in [5.41, 5.74) is 2.38. The molecule has 164 valence electrons. The zero-order valence-corrected chi connectivity index (χ0v) is 19.7. The molecular weight excluding hydrogens is 460 g/mol. The maximum Gasteiger partial charge on any atom is 0.352 e. The molecule has 2 aromatic rings. The molecule has 2 aliphatic heterocycles. The van der Waals surface area contributed by atoms with E-state index in [2.05, 4.69) is 20.6 Å². The topological polar surface area (TPSA) is 130 Å². The first-order valence-corrected chi connectivity index (χ1v) is 12.2. The van der Waals surface area contributed by atoms with Crippen LogP contribution in [0.4, 0.5) is 0 Å². The predicted molar refractivity (Wildman–Crippen MR) is 117 cm³/mol. The summed E-state index contributed by atoms with van der Waals surface area (Å²) >= 11 is 4.29. The third kappa shape index (κ3) is 3.85. The van der Waals surface area contributed by atoms with Gasteiger partial charge in [0.05, 0.1) is 11.3 Å². The highest BCUT2D eigenvalue weighted by Gasteiger charge is 2.54. The van der Waals surface area contributed by atoms with E-state index >= 15 is 0 Å². The van der Waals surface area contributed by atoms with Crippen LogP contribution in [0.2, 0.25) is 0 Å². The van der Waals surface area contributed by atoms with E-state index in [9.17, 15) is 19.5 Å². The number of aromatic nitrogens is 4.